The summed E-state index contributed by atoms with van der Waals surface area (Å²) in [6, 6.07) is 0. The zero-order valence-electron chi connectivity index (χ0n) is 9.81. The molecule has 1 fully saturated rings. The third kappa shape index (κ3) is 4.28. The summed E-state index contributed by atoms with van der Waals surface area (Å²) >= 11 is 0. The molecule has 1 nitrogen and oxygen atoms in total. The lowest BCUT2D eigenvalue weighted by molar-refractivity contribution is 0.402. The van der Waals surface area contributed by atoms with E-state index in [4.69, 9.17) is 0 Å². The lowest BCUT2D eigenvalue weighted by Gasteiger charge is -2.22. The van der Waals surface area contributed by atoms with Crippen LogP contribution in [0.15, 0.2) is 11.6 Å². The van der Waals surface area contributed by atoms with Crippen molar-refractivity contribution in [3.8, 4) is 0 Å². The van der Waals surface area contributed by atoms with Gasteiger partial charge in [-0.2, -0.15) is 0 Å². The molecule has 82 valence electrons. The molecule has 0 aromatic rings. The Kier molecular flexibility index (Phi) is 5.93. The first kappa shape index (κ1) is 11.8. The summed E-state index contributed by atoms with van der Waals surface area (Å²) in [7, 11) is 0. The second-order valence-electron chi connectivity index (χ2n) is 4.43. The first-order chi connectivity index (χ1) is 6.84. The van der Waals surface area contributed by atoms with E-state index in [0.29, 0.717) is 0 Å². The van der Waals surface area contributed by atoms with E-state index in [9.17, 15) is 0 Å². The van der Waals surface area contributed by atoms with Gasteiger partial charge in [0.1, 0.15) is 0 Å². The highest BCUT2D eigenvalue weighted by molar-refractivity contribution is 5.04. The number of hydrogen-bond donors (Lipinski definition) is 1. The molecule has 0 heterocycles. The Morgan fingerprint density at radius 2 is 2.00 bits per heavy atom. The van der Waals surface area contributed by atoms with Gasteiger partial charge < -0.3 is 5.32 Å². The van der Waals surface area contributed by atoms with Crippen LogP contribution in [0, 0.1) is 5.92 Å². The Labute approximate surface area is 89.0 Å². The second-order valence-corrected chi connectivity index (χ2v) is 4.43. The highest BCUT2D eigenvalue weighted by atomic mass is 14.8. The van der Waals surface area contributed by atoms with Crippen molar-refractivity contribution < 1.29 is 0 Å². The van der Waals surface area contributed by atoms with E-state index in [2.05, 4.69) is 25.2 Å². The van der Waals surface area contributed by atoms with E-state index >= 15 is 0 Å². The van der Waals surface area contributed by atoms with Gasteiger partial charge in [-0.1, -0.05) is 37.8 Å². The highest BCUT2D eigenvalue weighted by Gasteiger charge is 2.13. The minimum Gasteiger partial charge on any atom is -0.317 e. The number of allylic oxidation sites excluding steroid dienone is 1. The van der Waals surface area contributed by atoms with E-state index in [1.54, 1.807) is 5.57 Å². The summed E-state index contributed by atoms with van der Waals surface area (Å²) < 4.78 is 0. The lowest BCUT2D eigenvalue weighted by Crippen LogP contribution is -2.13. The molecule has 1 saturated carbocycles. The van der Waals surface area contributed by atoms with E-state index in [1.165, 1.54) is 38.5 Å². The Bertz CT molecular complexity index is 166. The summed E-state index contributed by atoms with van der Waals surface area (Å²) in [5.41, 5.74) is 1.64. The topological polar surface area (TPSA) is 12.0 Å². The van der Waals surface area contributed by atoms with Crippen LogP contribution in [-0.4, -0.2) is 13.1 Å². The summed E-state index contributed by atoms with van der Waals surface area (Å²) in [4.78, 5) is 0. The van der Waals surface area contributed by atoms with Crippen molar-refractivity contribution in [2.75, 3.05) is 13.1 Å². The monoisotopic (exact) mass is 195 g/mol. The molecule has 1 aliphatic carbocycles. The third-order valence-electron chi connectivity index (χ3n) is 3.29. The fourth-order valence-corrected chi connectivity index (χ4v) is 2.30. The predicted molar refractivity (Wildman–Crippen MR) is 63.5 cm³/mol. The molecule has 0 aromatic heterocycles. The van der Waals surface area contributed by atoms with Crippen LogP contribution in [0.5, 0.6) is 0 Å². The quantitative estimate of drug-likeness (QED) is 0.523. The van der Waals surface area contributed by atoms with Crippen molar-refractivity contribution in [2.24, 2.45) is 5.92 Å². The van der Waals surface area contributed by atoms with Crippen molar-refractivity contribution in [1.29, 1.82) is 0 Å². The van der Waals surface area contributed by atoms with Gasteiger partial charge in [-0.3, -0.25) is 0 Å². The normalized spacial score (nSPS) is 20.0. The van der Waals surface area contributed by atoms with E-state index in [1.807, 2.05) is 0 Å². The van der Waals surface area contributed by atoms with E-state index < -0.39 is 0 Å². The molecule has 0 unspecified atom stereocenters. The fraction of sp³-hybridized carbons (Fsp3) is 0.846. The van der Waals surface area contributed by atoms with Crippen LogP contribution in [0.25, 0.3) is 0 Å². The van der Waals surface area contributed by atoms with Gasteiger partial charge in [0.05, 0.1) is 0 Å². The van der Waals surface area contributed by atoms with Crippen LogP contribution < -0.4 is 5.32 Å². The second kappa shape index (κ2) is 7.05. The summed E-state index contributed by atoms with van der Waals surface area (Å²) in [5, 5.41) is 3.36. The zero-order valence-corrected chi connectivity index (χ0v) is 9.81. The molecule has 0 aliphatic heterocycles. The molecule has 0 amide bonds. The van der Waals surface area contributed by atoms with Crippen molar-refractivity contribution in [3.63, 3.8) is 0 Å². The molecule has 0 radical (unpaired) electrons. The number of nitrogens with one attached hydrogen (secondary N) is 1. The molecule has 1 N–H and O–H groups in total. The van der Waals surface area contributed by atoms with Crippen LogP contribution in [0.3, 0.4) is 0 Å². The summed E-state index contributed by atoms with van der Waals surface area (Å²) in [5.74, 6) is 0.908. The van der Waals surface area contributed by atoms with Gasteiger partial charge in [-0.25, -0.2) is 0 Å². The van der Waals surface area contributed by atoms with Gasteiger partial charge in [0.15, 0.2) is 0 Å². The SMILES string of the molecule is CCNCCC=C(C)C1CCCCC1. The smallest absolute Gasteiger partial charge is 0.00143 e. The Morgan fingerprint density at radius 3 is 2.64 bits per heavy atom. The molecule has 14 heavy (non-hydrogen) atoms. The minimum absolute atomic E-state index is 0.908. The van der Waals surface area contributed by atoms with Crippen molar-refractivity contribution in [2.45, 2.75) is 52.4 Å². The van der Waals surface area contributed by atoms with E-state index in [-0.39, 0.29) is 0 Å². The maximum Gasteiger partial charge on any atom is -0.00143 e. The molecule has 1 aliphatic rings. The van der Waals surface area contributed by atoms with Gasteiger partial charge in [0.25, 0.3) is 0 Å². The molecular weight excluding hydrogens is 170 g/mol. The first-order valence-electron chi connectivity index (χ1n) is 6.22. The summed E-state index contributed by atoms with van der Waals surface area (Å²) in [6.07, 6.45) is 10.9. The molecule has 0 aromatic carbocycles. The predicted octanol–water partition coefficient (Wildman–Crippen LogP) is 3.51. The number of rotatable bonds is 5. The van der Waals surface area contributed by atoms with Gasteiger partial charge in [-0.15, -0.1) is 0 Å². The van der Waals surface area contributed by atoms with Gasteiger partial charge in [-0.05, 0) is 45.2 Å². The molecule has 0 atom stereocenters. The van der Waals surface area contributed by atoms with Crippen molar-refractivity contribution in [1.82, 2.24) is 5.32 Å². The Hall–Kier alpha value is -0.300. The van der Waals surface area contributed by atoms with Gasteiger partial charge >= 0.3 is 0 Å². The molecule has 0 spiro atoms. The Morgan fingerprint density at radius 1 is 1.29 bits per heavy atom. The molecule has 1 heteroatoms. The highest BCUT2D eigenvalue weighted by Crippen LogP contribution is 2.29. The largest absolute Gasteiger partial charge is 0.317 e. The molecular formula is C13H25N. The van der Waals surface area contributed by atoms with Crippen molar-refractivity contribution in [3.05, 3.63) is 11.6 Å². The van der Waals surface area contributed by atoms with Crippen LogP contribution in [-0.2, 0) is 0 Å². The lowest BCUT2D eigenvalue weighted by atomic mass is 9.84. The fourth-order valence-electron chi connectivity index (χ4n) is 2.30. The molecule has 0 saturated heterocycles. The molecule has 1 rings (SSSR count). The Balaban J connectivity index is 2.20. The summed E-state index contributed by atoms with van der Waals surface area (Å²) in [6.45, 7) is 6.72. The minimum atomic E-state index is 0.908. The van der Waals surface area contributed by atoms with Crippen LogP contribution in [0.2, 0.25) is 0 Å². The molecule has 0 bridgehead atoms. The van der Waals surface area contributed by atoms with Crippen LogP contribution >= 0.6 is 0 Å². The maximum atomic E-state index is 3.36. The van der Waals surface area contributed by atoms with Crippen molar-refractivity contribution >= 4 is 0 Å². The average molecular weight is 195 g/mol. The number of hydrogen-bond acceptors (Lipinski definition) is 1. The maximum absolute atomic E-state index is 3.36. The van der Waals surface area contributed by atoms with Gasteiger partial charge in [0, 0.05) is 0 Å². The van der Waals surface area contributed by atoms with Crippen LogP contribution in [0.1, 0.15) is 52.4 Å². The average Bonchev–Trinajstić information content (AvgIpc) is 2.25. The van der Waals surface area contributed by atoms with Gasteiger partial charge in [0.2, 0.25) is 0 Å². The van der Waals surface area contributed by atoms with Crippen LogP contribution in [0.4, 0.5) is 0 Å². The van der Waals surface area contributed by atoms with E-state index in [0.717, 1.165) is 19.0 Å². The zero-order chi connectivity index (χ0) is 10.2. The standard InChI is InChI=1S/C13H25N/c1-3-14-11-7-8-12(2)13-9-5-4-6-10-13/h8,13-14H,3-7,9-11H2,1-2H3. The first-order valence-corrected chi connectivity index (χ1v) is 6.22. The third-order valence-corrected chi connectivity index (χ3v) is 3.29.